The Kier molecular flexibility index (Phi) is 4.59. The van der Waals surface area contributed by atoms with Gasteiger partial charge in [0.25, 0.3) is 0 Å². The number of benzene rings is 1. The number of ether oxygens (including phenoxy) is 1. The van der Waals surface area contributed by atoms with E-state index in [-0.39, 0.29) is 22.7 Å². The Labute approximate surface area is 148 Å². The number of hydrogen-bond donors (Lipinski definition) is 0. The molecule has 6 nitrogen and oxygen atoms in total. The van der Waals surface area contributed by atoms with Crippen LogP contribution in [0.2, 0.25) is 5.28 Å². The van der Waals surface area contributed by atoms with Gasteiger partial charge in [-0.3, -0.25) is 0 Å². The van der Waals surface area contributed by atoms with E-state index in [0.29, 0.717) is 22.2 Å². The number of carbonyl (C=O) groups is 1. The Hall–Kier alpha value is -2.67. The van der Waals surface area contributed by atoms with Crippen LogP contribution < -0.4 is 0 Å². The second-order valence-electron chi connectivity index (χ2n) is 5.65. The van der Waals surface area contributed by atoms with E-state index in [2.05, 4.69) is 19.9 Å². The van der Waals surface area contributed by atoms with Crippen LogP contribution in [0.5, 0.6) is 0 Å². The first-order valence-electron chi connectivity index (χ1n) is 7.49. The van der Waals surface area contributed by atoms with Crippen molar-refractivity contribution >= 4 is 28.5 Å². The van der Waals surface area contributed by atoms with E-state index in [9.17, 15) is 9.18 Å². The largest absolute Gasteiger partial charge is 0.463 e. The Morgan fingerprint density at radius 3 is 2.68 bits per heavy atom. The molecule has 0 saturated carbocycles. The van der Waals surface area contributed by atoms with E-state index in [4.69, 9.17) is 16.3 Å². The second kappa shape index (κ2) is 6.68. The molecule has 0 radical (unpaired) electrons. The summed E-state index contributed by atoms with van der Waals surface area (Å²) in [6.45, 7) is 3.88. The molecule has 0 unspecified atom stereocenters. The van der Waals surface area contributed by atoms with E-state index < -0.39 is 11.8 Å². The molecule has 0 amide bonds. The minimum Gasteiger partial charge on any atom is -0.463 e. The van der Waals surface area contributed by atoms with E-state index >= 15 is 0 Å². The predicted octanol–water partition coefficient (Wildman–Crippen LogP) is 3.79. The second-order valence-corrected chi connectivity index (χ2v) is 5.98. The Morgan fingerprint density at radius 2 is 2.00 bits per heavy atom. The monoisotopic (exact) mass is 360 g/mol. The maximum Gasteiger partial charge on any atom is 0.376 e. The number of carbonyl (C=O) groups excluding carboxylic acids is 1. The lowest BCUT2D eigenvalue weighted by molar-refractivity contribution is 0.0587. The van der Waals surface area contributed by atoms with Crippen molar-refractivity contribution in [2.24, 2.45) is 0 Å². The number of esters is 1. The van der Waals surface area contributed by atoms with Gasteiger partial charge >= 0.3 is 5.97 Å². The number of halogens is 2. The van der Waals surface area contributed by atoms with Gasteiger partial charge in [-0.25, -0.2) is 29.1 Å². The lowest BCUT2D eigenvalue weighted by atomic mass is 10.0. The molecule has 2 aromatic heterocycles. The molecule has 0 atom stereocenters. The van der Waals surface area contributed by atoms with Crippen LogP contribution in [0.15, 0.2) is 24.4 Å². The number of aromatic nitrogens is 4. The molecule has 0 aliphatic carbocycles. The smallest absolute Gasteiger partial charge is 0.376 e. The first-order chi connectivity index (χ1) is 11.9. The topological polar surface area (TPSA) is 77.9 Å². The molecule has 8 heteroatoms. The summed E-state index contributed by atoms with van der Waals surface area (Å²) in [5.41, 5.74) is 1.83. The van der Waals surface area contributed by atoms with Gasteiger partial charge in [0.05, 0.1) is 24.5 Å². The molecule has 0 fully saturated rings. The summed E-state index contributed by atoms with van der Waals surface area (Å²) in [6.07, 6.45) is 1.02. The van der Waals surface area contributed by atoms with Crippen LogP contribution >= 0.6 is 11.6 Å². The zero-order chi connectivity index (χ0) is 18.1. The van der Waals surface area contributed by atoms with Crippen LogP contribution in [0, 0.1) is 5.82 Å². The minimum atomic E-state index is -0.610. The molecular weight excluding hydrogens is 347 g/mol. The quantitative estimate of drug-likeness (QED) is 0.522. The molecule has 0 aliphatic rings. The standard InChI is InChI=1S/C17H14ClFN4O2/c1-8(2)13-10-6-9(14-11(19)7-20-17(18)23-14)4-5-12(10)21-15(22-13)16(24)25-3/h4-8H,1-3H3. The average molecular weight is 361 g/mol. The van der Waals surface area contributed by atoms with Gasteiger partial charge < -0.3 is 4.74 Å². The Bertz CT molecular complexity index is 978. The molecule has 0 N–H and O–H groups in total. The van der Waals surface area contributed by atoms with Gasteiger partial charge in [-0.15, -0.1) is 0 Å². The van der Waals surface area contributed by atoms with E-state index in [0.717, 1.165) is 6.20 Å². The number of hydrogen-bond acceptors (Lipinski definition) is 6. The first kappa shape index (κ1) is 17.2. The maximum absolute atomic E-state index is 14.1. The Balaban J connectivity index is 2.25. The van der Waals surface area contributed by atoms with Crippen LogP contribution in [0.25, 0.3) is 22.2 Å². The van der Waals surface area contributed by atoms with Crippen molar-refractivity contribution in [2.75, 3.05) is 7.11 Å². The van der Waals surface area contributed by atoms with Gasteiger partial charge in [0.2, 0.25) is 11.1 Å². The molecule has 128 valence electrons. The minimum absolute atomic E-state index is 0.0114. The molecule has 3 rings (SSSR count). The fourth-order valence-electron chi connectivity index (χ4n) is 2.47. The number of rotatable bonds is 3. The van der Waals surface area contributed by atoms with Gasteiger partial charge in [-0.05, 0) is 29.7 Å². The summed E-state index contributed by atoms with van der Waals surface area (Å²) >= 11 is 5.77. The summed E-state index contributed by atoms with van der Waals surface area (Å²) in [5, 5.41) is 0.659. The van der Waals surface area contributed by atoms with Crippen molar-refractivity contribution in [2.45, 2.75) is 19.8 Å². The van der Waals surface area contributed by atoms with Crippen molar-refractivity contribution < 1.29 is 13.9 Å². The van der Waals surface area contributed by atoms with Crippen molar-refractivity contribution in [3.63, 3.8) is 0 Å². The molecule has 0 aliphatic heterocycles. The number of fused-ring (bicyclic) bond motifs is 1. The molecular formula is C17H14ClFN4O2. The maximum atomic E-state index is 14.1. The zero-order valence-electron chi connectivity index (χ0n) is 13.7. The van der Waals surface area contributed by atoms with Gasteiger partial charge in [-0.1, -0.05) is 19.9 Å². The fraction of sp³-hybridized carbons (Fsp3) is 0.235. The SMILES string of the molecule is COC(=O)c1nc(C(C)C)c2cc(-c3nc(Cl)ncc3F)ccc2n1. The summed E-state index contributed by atoms with van der Waals surface area (Å²) in [7, 11) is 1.27. The highest BCUT2D eigenvalue weighted by Crippen LogP contribution is 2.29. The van der Waals surface area contributed by atoms with Crippen molar-refractivity contribution in [1.29, 1.82) is 0 Å². The zero-order valence-corrected chi connectivity index (χ0v) is 14.5. The van der Waals surface area contributed by atoms with Crippen molar-refractivity contribution in [3.8, 4) is 11.3 Å². The first-order valence-corrected chi connectivity index (χ1v) is 7.87. The molecule has 3 aromatic rings. The number of nitrogens with zero attached hydrogens (tertiary/aromatic N) is 4. The summed E-state index contributed by atoms with van der Waals surface area (Å²) in [4.78, 5) is 27.9. The lowest BCUT2D eigenvalue weighted by Gasteiger charge is -2.12. The third-order valence-corrected chi connectivity index (χ3v) is 3.81. The molecule has 25 heavy (non-hydrogen) atoms. The predicted molar refractivity (Wildman–Crippen MR) is 91.0 cm³/mol. The van der Waals surface area contributed by atoms with Crippen molar-refractivity contribution in [3.05, 3.63) is 47.0 Å². The van der Waals surface area contributed by atoms with Gasteiger partial charge in [0.15, 0.2) is 5.82 Å². The molecule has 0 bridgehead atoms. The number of methoxy groups -OCH3 is 1. The Morgan fingerprint density at radius 1 is 1.24 bits per heavy atom. The van der Waals surface area contributed by atoms with Gasteiger partial charge in [0.1, 0.15) is 5.69 Å². The van der Waals surface area contributed by atoms with E-state index in [1.807, 2.05) is 13.8 Å². The lowest BCUT2D eigenvalue weighted by Crippen LogP contribution is -2.10. The van der Waals surface area contributed by atoms with E-state index in [1.165, 1.54) is 7.11 Å². The van der Waals surface area contributed by atoms with Gasteiger partial charge in [-0.2, -0.15) is 0 Å². The highest BCUT2D eigenvalue weighted by atomic mass is 35.5. The highest BCUT2D eigenvalue weighted by molar-refractivity contribution is 6.28. The summed E-state index contributed by atoms with van der Waals surface area (Å²) < 4.78 is 18.8. The third kappa shape index (κ3) is 3.28. The average Bonchev–Trinajstić information content (AvgIpc) is 2.61. The summed E-state index contributed by atoms with van der Waals surface area (Å²) in [5.74, 6) is -1.19. The van der Waals surface area contributed by atoms with Crippen molar-refractivity contribution in [1.82, 2.24) is 19.9 Å². The molecule has 0 spiro atoms. The van der Waals surface area contributed by atoms with Crippen LogP contribution in [-0.2, 0) is 4.74 Å². The van der Waals surface area contributed by atoms with Crippen LogP contribution in [-0.4, -0.2) is 33.0 Å². The molecule has 2 heterocycles. The molecule has 0 saturated heterocycles. The van der Waals surface area contributed by atoms with E-state index in [1.54, 1.807) is 18.2 Å². The third-order valence-electron chi connectivity index (χ3n) is 3.63. The normalized spacial score (nSPS) is 11.1. The molecule has 1 aromatic carbocycles. The van der Waals surface area contributed by atoms with Gasteiger partial charge in [0, 0.05) is 10.9 Å². The fourth-order valence-corrected chi connectivity index (χ4v) is 2.60. The van der Waals surface area contributed by atoms with Crippen LogP contribution in [0.4, 0.5) is 4.39 Å². The van der Waals surface area contributed by atoms with Crippen LogP contribution in [0.3, 0.4) is 0 Å². The highest BCUT2D eigenvalue weighted by Gasteiger charge is 2.18. The summed E-state index contributed by atoms with van der Waals surface area (Å²) in [6, 6.07) is 5.07. The van der Waals surface area contributed by atoms with Crippen LogP contribution in [0.1, 0.15) is 36.1 Å².